The minimum Gasteiger partial charge on any atom is -0.462 e. The molecular weight excluding hydrogens is 395 g/mol. The molecule has 1 saturated heterocycles. The van der Waals surface area contributed by atoms with E-state index < -0.39 is 0 Å². The van der Waals surface area contributed by atoms with Crippen molar-refractivity contribution in [3.05, 3.63) is 33.9 Å². The minimum atomic E-state index is -0.353. The molecule has 2 aromatic rings. The van der Waals surface area contributed by atoms with Crippen molar-refractivity contribution >= 4 is 45.8 Å². The van der Waals surface area contributed by atoms with Gasteiger partial charge < -0.3 is 9.64 Å². The van der Waals surface area contributed by atoms with Crippen molar-refractivity contribution in [3.8, 4) is 0 Å². The second kappa shape index (κ2) is 6.77. The number of carbonyl (C=O) groups excluding carboxylic acids is 1. The van der Waals surface area contributed by atoms with Crippen LogP contribution in [0, 0.1) is 10.8 Å². The van der Waals surface area contributed by atoms with E-state index in [4.69, 9.17) is 27.9 Å². The summed E-state index contributed by atoms with van der Waals surface area (Å²) < 4.78 is 5.34. The summed E-state index contributed by atoms with van der Waals surface area (Å²) in [4.78, 5) is 19.6. The van der Waals surface area contributed by atoms with Crippen LogP contribution in [0.5, 0.6) is 0 Å². The average molecular weight is 421 g/mol. The van der Waals surface area contributed by atoms with Gasteiger partial charge in [0.25, 0.3) is 0 Å². The molecule has 1 aromatic carbocycles. The maximum atomic E-state index is 12.8. The molecule has 6 heteroatoms. The van der Waals surface area contributed by atoms with Crippen molar-refractivity contribution in [2.24, 2.45) is 10.8 Å². The predicted molar refractivity (Wildman–Crippen MR) is 115 cm³/mol. The third-order valence-electron chi connectivity index (χ3n) is 6.06. The summed E-state index contributed by atoms with van der Waals surface area (Å²) in [7, 11) is 0. The van der Waals surface area contributed by atoms with Gasteiger partial charge in [0, 0.05) is 29.2 Å². The lowest BCUT2D eigenvalue weighted by atomic mass is 9.65. The first kappa shape index (κ1) is 19.8. The molecule has 1 aliphatic heterocycles. The Hall–Kier alpha value is -1.52. The zero-order valence-electron chi connectivity index (χ0n) is 16.8. The molecule has 0 N–H and O–H groups in total. The van der Waals surface area contributed by atoms with E-state index in [9.17, 15) is 4.79 Å². The Bertz CT molecular complexity index is 959. The average Bonchev–Trinajstić information content (AvgIpc) is 2.82. The molecule has 0 spiro atoms. The van der Waals surface area contributed by atoms with Gasteiger partial charge in [0.05, 0.1) is 22.8 Å². The largest absolute Gasteiger partial charge is 0.462 e. The Morgan fingerprint density at radius 2 is 2.04 bits per heavy atom. The molecule has 0 unspecified atom stereocenters. The molecule has 2 atom stereocenters. The quantitative estimate of drug-likeness (QED) is 0.560. The van der Waals surface area contributed by atoms with E-state index in [-0.39, 0.29) is 16.8 Å². The third kappa shape index (κ3) is 3.35. The molecule has 2 heterocycles. The summed E-state index contributed by atoms with van der Waals surface area (Å²) in [5.41, 5.74) is 2.51. The Morgan fingerprint density at radius 3 is 2.75 bits per heavy atom. The SMILES string of the molecule is CCOC(=O)c1cnc2c(Cl)cc(Cl)cc2c1N1C[C@]2(C)C[C@@H]1CC(C)(C)C2. The van der Waals surface area contributed by atoms with Gasteiger partial charge in [-0.25, -0.2) is 4.79 Å². The summed E-state index contributed by atoms with van der Waals surface area (Å²) in [5, 5.41) is 1.85. The van der Waals surface area contributed by atoms with Crippen molar-refractivity contribution in [2.45, 2.75) is 53.0 Å². The number of carbonyl (C=O) groups is 1. The smallest absolute Gasteiger partial charge is 0.341 e. The number of aromatic nitrogens is 1. The predicted octanol–water partition coefficient (Wildman–Crippen LogP) is 6.12. The molecule has 1 saturated carbocycles. The van der Waals surface area contributed by atoms with E-state index in [2.05, 4.69) is 30.7 Å². The molecule has 0 amide bonds. The first-order valence-corrected chi connectivity index (χ1v) is 10.6. The molecule has 2 bridgehead atoms. The van der Waals surface area contributed by atoms with Crippen molar-refractivity contribution in [2.75, 3.05) is 18.1 Å². The summed E-state index contributed by atoms with van der Waals surface area (Å²) in [6.45, 7) is 10.1. The van der Waals surface area contributed by atoms with E-state index >= 15 is 0 Å². The lowest BCUT2D eigenvalue weighted by Crippen LogP contribution is -2.35. The number of esters is 1. The molecule has 150 valence electrons. The minimum absolute atomic E-state index is 0.219. The fourth-order valence-electron chi connectivity index (χ4n) is 5.60. The summed E-state index contributed by atoms with van der Waals surface area (Å²) in [6.07, 6.45) is 4.98. The number of benzene rings is 1. The van der Waals surface area contributed by atoms with Gasteiger partial charge in [0.2, 0.25) is 0 Å². The Labute approximate surface area is 176 Å². The Balaban J connectivity index is 1.94. The van der Waals surface area contributed by atoms with Crippen LogP contribution in [0.15, 0.2) is 18.3 Å². The highest BCUT2D eigenvalue weighted by molar-refractivity contribution is 6.38. The van der Waals surface area contributed by atoms with Gasteiger partial charge >= 0.3 is 5.97 Å². The van der Waals surface area contributed by atoms with E-state index in [1.54, 1.807) is 12.3 Å². The van der Waals surface area contributed by atoms with Crippen LogP contribution in [0.25, 0.3) is 10.9 Å². The summed E-state index contributed by atoms with van der Waals surface area (Å²) in [6, 6.07) is 3.92. The maximum absolute atomic E-state index is 12.8. The summed E-state index contributed by atoms with van der Waals surface area (Å²) >= 11 is 12.8. The van der Waals surface area contributed by atoms with Gasteiger partial charge in [-0.1, -0.05) is 44.0 Å². The van der Waals surface area contributed by atoms with Crippen LogP contribution in [0.1, 0.15) is 57.3 Å². The Morgan fingerprint density at radius 1 is 1.29 bits per heavy atom. The zero-order valence-corrected chi connectivity index (χ0v) is 18.3. The number of halogens is 2. The highest BCUT2D eigenvalue weighted by atomic mass is 35.5. The molecule has 4 nitrogen and oxygen atoms in total. The second-order valence-electron chi connectivity index (χ2n) is 9.37. The van der Waals surface area contributed by atoms with Gasteiger partial charge in [-0.2, -0.15) is 0 Å². The molecule has 28 heavy (non-hydrogen) atoms. The summed E-state index contributed by atoms with van der Waals surface area (Å²) in [5.74, 6) is -0.353. The van der Waals surface area contributed by atoms with E-state index in [1.165, 1.54) is 6.42 Å². The van der Waals surface area contributed by atoms with Gasteiger partial charge in [0.1, 0.15) is 5.56 Å². The van der Waals surface area contributed by atoms with Crippen molar-refractivity contribution in [1.29, 1.82) is 0 Å². The van der Waals surface area contributed by atoms with Gasteiger partial charge in [-0.3, -0.25) is 4.98 Å². The van der Waals surface area contributed by atoms with E-state index in [1.807, 2.05) is 13.0 Å². The molecule has 1 aromatic heterocycles. The zero-order chi connectivity index (χ0) is 20.3. The molecule has 4 rings (SSSR count). The van der Waals surface area contributed by atoms with Crippen LogP contribution in [0.3, 0.4) is 0 Å². The number of hydrogen-bond acceptors (Lipinski definition) is 4. The first-order valence-electron chi connectivity index (χ1n) is 9.84. The van der Waals surface area contributed by atoms with Crippen LogP contribution in [-0.4, -0.2) is 30.1 Å². The molecular formula is C22H26Cl2N2O2. The molecule has 0 radical (unpaired) electrons. The Kier molecular flexibility index (Phi) is 4.79. The topological polar surface area (TPSA) is 42.4 Å². The van der Waals surface area contributed by atoms with E-state index in [0.29, 0.717) is 33.8 Å². The number of anilines is 1. The standard InChI is InChI=1S/C22H26Cl2N2O2/c1-5-28-20(27)16-10-25-18-15(6-13(23)7-17(18)24)19(16)26-12-22(4)9-14(26)8-21(2,3)11-22/h6-7,10,14H,5,8-9,11-12H2,1-4H3/t14-,22+/m0/s1. The fourth-order valence-corrected chi connectivity index (χ4v) is 6.14. The van der Waals surface area contributed by atoms with Crippen molar-refractivity contribution < 1.29 is 9.53 Å². The van der Waals surface area contributed by atoms with E-state index in [0.717, 1.165) is 30.5 Å². The number of rotatable bonds is 3. The molecule has 1 aliphatic carbocycles. The van der Waals surface area contributed by atoms with Crippen LogP contribution in [-0.2, 0) is 4.74 Å². The van der Waals surface area contributed by atoms with Gasteiger partial charge in [0.15, 0.2) is 0 Å². The highest BCUT2D eigenvalue weighted by Gasteiger charge is 2.50. The number of hydrogen-bond donors (Lipinski definition) is 0. The van der Waals surface area contributed by atoms with Crippen LogP contribution < -0.4 is 4.90 Å². The second-order valence-corrected chi connectivity index (χ2v) is 10.2. The normalized spacial score (nSPS) is 25.9. The monoisotopic (exact) mass is 420 g/mol. The number of ether oxygens (including phenoxy) is 1. The van der Waals surface area contributed by atoms with Gasteiger partial charge in [-0.15, -0.1) is 0 Å². The van der Waals surface area contributed by atoms with Crippen molar-refractivity contribution in [1.82, 2.24) is 4.98 Å². The molecule has 2 aliphatic rings. The van der Waals surface area contributed by atoms with Crippen LogP contribution in [0.4, 0.5) is 5.69 Å². The number of fused-ring (bicyclic) bond motifs is 3. The lowest BCUT2D eigenvalue weighted by molar-refractivity contribution is 0.0526. The van der Waals surface area contributed by atoms with Crippen LogP contribution in [0.2, 0.25) is 10.0 Å². The fraction of sp³-hybridized carbons (Fsp3) is 0.545. The lowest BCUT2D eigenvalue weighted by Gasteiger charge is -2.39. The van der Waals surface area contributed by atoms with Gasteiger partial charge in [-0.05, 0) is 49.1 Å². The maximum Gasteiger partial charge on any atom is 0.341 e. The van der Waals surface area contributed by atoms with Crippen molar-refractivity contribution in [3.63, 3.8) is 0 Å². The highest BCUT2D eigenvalue weighted by Crippen LogP contribution is 2.54. The first-order chi connectivity index (χ1) is 13.1. The number of pyridine rings is 1. The van der Waals surface area contributed by atoms with Crippen LogP contribution >= 0.6 is 23.2 Å². The third-order valence-corrected chi connectivity index (χ3v) is 6.56. The number of nitrogens with zero attached hydrogens (tertiary/aromatic N) is 2. The molecule has 2 fully saturated rings.